The first kappa shape index (κ1) is 18.2. The van der Waals surface area contributed by atoms with Gasteiger partial charge in [-0.2, -0.15) is 4.52 Å². The van der Waals surface area contributed by atoms with Crippen molar-refractivity contribution in [3.05, 3.63) is 35.8 Å². The average molecular weight is 396 g/mol. The van der Waals surface area contributed by atoms with Gasteiger partial charge in [0.2, 0.25) is 0 Å². The second-order valence-electron chi connectivity index (χ2n) is 7.79. The highest BCUT2D eigenvalue weighted by Crippen LogP contribution is 2.35. The van der Waals surface area contributed by atoms with Gasteiger partial charge in [-0.25, -0.2) is 14.4 Å². The van der Waals surface area contributed by atoms with Crippen LogP contribution >= 0.6 is 0 Å². The van der Waals surface area contributed by atoms with Gasteiger partial charge >= 0.3 is 0 Å². The summed E-state index contributed by atoms with van der Waals surface area (Å²) in [4.78, 5) is 12.5. The van der Waals surface area contributed by atoms with Gasteiger partial charge in [0, 0.05) is 32.1 Å². The summed E-state index contributed by atoms with van der Waals surface area (Å²) in [5.41, 5.74) is 1.27. The zero-order chi connectivity index (χ0) is 19.8. The fourth-order valence-electron chi connectivity index (χ4n) is 4.11. The third-order valence-electron chi connectivity index (χ3n) is 6.04. The molecule has 4 heterocycles. The fourth-order valence-corrected chi connectivity index (χ4v) is 4.11. The molecule has 0 unspecified atom stereocenters. The first-order valence-electron chi connectivity index (χ1n) is 10.5. The quantitative estimate of drug-likeness (QED) is 0.671. The molecule has 8 nitrogen and oxygen atoms in total. The molecular formula is C20H25FN8. The summed E-state index contributed by atoms with van der Waals surface area (Å²) in [5.74, 6) is 2.48. The lowest BCUT2D eigenvalue weighted by molar-refractivity contribution is 0.395. The maximum Gasteiger partial charge on any atom is 0.187 e. The molecule has 3 aromatic rings. The van der Waals surface area contributed by atoms with Crippen LogP contribution in [0.5, 0.6) is 0 Å². The molecule has 0 N–H and O–H groups in total. The van der Waals surface area contributed by atoms with Gasteiger partial charge in [0.1, 0.15) is 12.1 Å². The summed E-state index contributed by atoms with van der Waals surface area (Å²) < 4.78 is 16.6. The number of hydrogen-bond donors (Lipinski definition) is 0. The van der Waals surface area contributed by atoms with E-state index in [9.17, 15) is 4.39 Å². The second kappa shape index (κ2) is 7.53. The number of aryl methyl sites for hydroxylation is 1. The maximum atomic E-state index is 14.7. The topological polar surface area (TPSA) is 75.3 Å². The van der Waals surface area contributed by atoms with Crippen LogP contribution in [-0.4, -0.2) is 56.0 Å². The lowest BCUT2D eigenvalue weighted by Gasteiger charge is -2.25. The van der Waals surface area contributed by atoms with Crippen molar-refractivity contribution >= 4 is 17.3 Å². The molecule has 9 heteroatoms. The summed E-state index contributed by atoms with van der Waals surface area (Å²) in [6.45, 7) is 4.97. The number of fused-ring (bicyclic) bond motifs is 1. The zero-order valence-corrected chi connectivity index (χ0v) is 16.6. The minimum atomic E-state index is -0.294. The van der Waals surface area contributed by atoms with E-state index in [1.807, 2.05) is 28.5 Å². The minimum absolute atomic E-state index is 0.294. The number of aromatic nitrogens is 6. The van der Waals surface area contributed by atoms with Crippen LogP contribution in [0.4, 0.5) is 16.0 Å². The Morgan fingerprint density at radius 2 is 1.83 bits per heavy atom. The van der Waals surface area contributed by atoms with Crippen molar-refractivity contribution in [3.63, 3.8) is 0 Å². The summed E-state index contributed by atoms with van der Waals surface area (Å²) in [6.07, 6.45) is 6.50. The van der Waals surface area contributed by atoms with E-state index in [2.05, 4.69) is 25.1 Å². The van der Waals surface area contributed by atoms with Crippen LogP contribution in [0.15, 0.2) is 18.5 Å². The standard InChI is InChI=1S/C20H25FN8/c1-2-15-18(21)20(23-13-22-15)28-10-4-9-27(11-12-28)17-8-7-16-24-25-19(29(16)26-17)14-5-3-6-14/h7-8,13-14H,2-6,9-12H2,1H3. The predicted molar refractivity (Wildman–Crippen MR) is 108 cm³/mol. The van der Waals surface area contributed by atoms with Gasteiger partial charge in [0.25, 0.3) is 0 Å². The van der Waals surface area contributed by atoms with Crippen molar-refractivity contribution in [3.8, 4) is 0 Å². The molecule has 3 aromatic heterocycles. The SMILES string of the molecule is CCc1ncnc(N2CCCN(c3ccc4nnc(C5CCC5)n4n3)CC2)c1F. The van der Waals surface area contributed by atoms with Crippen LogP contribution in [-0.2, 0) is 6.42 Å². The zero-order valence-electron chi connectivity index (χ0n) is 16.6. The van der Waals surface area contributed by atoms with Gasteiger partial charge in [0.15, 0.2) is 23.1 Å². The molecule has 0 bridgehead atoms. The Balaban J connectivity index is 1.37. The number of halogens is 1. The van der Waals surface area contributed by atoms with Crippen LogP contribution in [0.2, 0.25) is 0 Å². The van der Waals surface area contributed by atoms with Gasteiger partial charge in [-0.15, -0.1) is 15.3 Å². The molecule has 0 radical (unpaired) electrons. The van der Waals surface area contributed by atoms with Crippen LogP contribution in [0, 0.1) is 5.82 Å². The smallest absolute Gasteiger partial charge is 0.187 e. The third kappa shape index (κ3) is 3.28. The summed E-state index contributed by atoms with van der Waals surface area (Å²) in [7, 11) is 0. The van der Waals surface area contributed by atoms with Crippen molar-refractivity contribution in [2.24, 2.45) is 0 Å². The van der Waals surface area contributed by atoms with Gasteiger partial charge in [-0.05, 0) is 37.8 Å². The molecule has 2 aliphatic rings. The van der Waals surface area contributed by atoms with E-state index in [0.717, 1.165) is 56.2 Å². The Hall–Kier alpha value is -2.84. The van der Waals surface area contributed by atoms with Crippen LogP contribution < -0.4 is 9.80 Å². The van der Waals surface area contributed by atoms with Gasteiger partial charge in [-0.1, -0.05) is 13.3 Å². The predicted octanol–water partition coefficient (Wildman–Crippen LogP) is 2.60. The van der Waals surface area contributed by atoms with E-state index >= 15 is 0 Å². The molecule has 0 aromatic carbocycles. The molecule has 0 amide bonds. The van der Waals surface area contributed by atoms with E-state index in [1.165, 1.54) is 12.7 Å². The van der Waals surface area contributed by atoms with Crippen LogP contribution in [0.25, 0.3) is 5.65 Å². The average Bonchev–Trinajstić information content (AvgIpc) is 2.94. The Morgan fingerprint density at radius 3 is 2.62 bits per heavy atom. The van der Waals surface area contributed by atoms with Gasteiger partial charge < -0.3 is 9.80 Å². The highest BCUT2D eigenvalue weighted by molar-refractivity contribution is 5.48. The largest absolute Gasteiger partial charge is 0.353 e. The van der Waals surface area contributed by atoms with Crippen molar-refractivity contribution in [1.29, 1.82) is 0 Å². The number of anilines is 2. The Labute approximate surface area is 168 Å². The monoisotopic (exact) mass is 396 g/mol. The van der Waals surface area contributed by atoms with Crippen LogP contribution in [0.1, 0.15) is 50.0 Å². The minimum Gasteiger partial charge on any atom is -0.353 e. The number of nitrogens with zero attached hydrogens (tertiary/aromatic N) is 8. The number of hydrogen-bond acceptors (Lipinski definition) is 7. The van der Waals surface area contributed by atoms with E-state index in [4.69, 9.17) is 5.10 Å². The van der Waals surface area contributed by atoms with Crippen molar-refractivity contribution < 1.29 is 4.39 Å². The van der Waals surface area contributed by atoms with E-state index in [1.54, 1.807) is 0 Å². The molecule has 2 fully saturated rings. The molecule has 1 aliphatic heterocycles. The van der Waals surface area contributed by atoms with Crippen molar-refractivity contribution in [2.45, 2.75) is 44.9 Å². The molecule has 0 atom stereocenters. The van der Waals surface area contributed by atoms with E-state index in [0.29, 0.717) is 30.4 Å². The lowest BCUT2D eigenvalue weighted by Crippen LogP contribution is -2.32. The third-order valence-corrected chi connectivity index (χ3v) is 6.04. The molecule has 152 valence electrons. The normalized spacial score (nSPS) is 18.1. The Bertz CT molecular complexity index is 1010. The van der Waals surface area contributed by atoms with E-state index in [-0.39, 0.29) is 5.82 Å². The highest BCUT2D eigenvalue weighted by Gasteiger charge is 2.26. The first-order valence-corrected chi connectivity index (χ1v) is 10.5. The molecular weight excluding hydrogens is 371 g/mol. The van der Waals surface area contributed by atoms with Gasteiger partial charge in [0.05, 0.1) is 5.69 Å². The number of rotatable bonds is 4. The molecule has 1 saturated heterocycles. The van der Waals surface area contributed by atoms with Crippen LogP contribution in [0.3, 0.4) is 0 Å². The summed E-state index contributed by atoms with van der Waals surface area (Å²) in [6, 6.07) is 3.99. The Morgan fingerprint density at radius 1 is 1.00 bits per heavy atom. The second-order valence-corrected chi connectivity index (χ2v) is 7.79. The lowest BCUT2D eigenvalue weighted by atomic mass is 9.85. The molecule has 5 rings (SSSR count). The molecule has 0 spiro atoms. The maximum absolute atomic E-state index is 14.7. The molecule has 1 aliphatic carbocycles. The molecule has 1 saturated carbocycles. The van der Waals surface area contributed by atoms with Gasteiger partial charge in [-0.3, -0.25) is 0 Å². The first-order chi connectivity index (χ1) is 14.2. The molecule has 29 heavy (non-hydrogen) atoms. The van der Waals surface area contributed by atoms with E-state index < -0.39 is 0 Å². The highest BCUT2D eigenvalue weighted by atomic mass is 19.1. The van der Waals surface area contributed by atoms with Crippen molar-refractivity contribution in [1.82, 2.24) is 29.8 Å². The van der Waals surface area contributed by atoms with Crippen molar-refractivity contribution in [2.75, 3.05) is 36.0 Å². The Kier molecular flexibility index (Phi) is 4.73. The summed E-state index contributed by atoms with van der Waals surface area (Å²) in [5, 5.41) is 13.5. The fraction of sp³-hybridized carbons (Fsp3) is 0.550. The summed E-state index contributed by atoms with van der Waals surface area (Å²) >= 11 is 0.